The van der Waals surface area contributed by atoms with Crippen LogP contribution >= 0.6 is 0 Å². The standard InChI is InChI=1S/C21H34N4O3S/c1-23(2)20-11-10-18(29(27,28)25-14-8-5-9-15-25)16-19(20)22-21(26)17-24-12-6-3-4-7-13-24/h10-11,16H,3-9,12-15,17H2,1-2H3,(H,22,26)/p+1. The number of hydrogen-bond donors (Lipinski definition) is 2. The molecule has 2 N–H and O–H groups in total. The highest BCUT2D eigenvalue weighted by Gasteiger charge is 2.27. The second-order valence-corrected chi connectivity index (χ2v) is 10.4. The largest absolute Gasteiger partial charge is 0.376 e. The Bertz CT molecular complexity index is 796. The lowest BCUT2D eigenvalue weighted by atomic mass is 10.2. The molecule has 7 nitrogen and oxygen atoms in total. The summed E-state index contributed by atoms with van der Waals surface area (Å²) in [6.45, 7) is 3.61. The van der Waals surface area contributed by atoms with E-state index in [2.05, 4.69) is 5.32 Å². The number of anilines is 2. The Morgan fingerprint density at radius 2 is 1.66 bits per heavy atom. The summed E-state index contributed by atoms with van der Waals surface area (Å²) in [5.41, 5.74) is 1.37. The van der Waals surface area contributed by atoms with Gasteiger partial charge in [-0.05, 0) is 56.7 Å². The van der Waals surface area contributed by atoms with E-state index < -0.39 is 10.0 Å². The Labute approximate surface area is 175 Å². The average Bonchev–Trinajstić information content (AvgIpc) is 2.97. The number of carbonyl (C=O) groups is 1. The minimum absolute atomic E-state index is 0.0579. The molecular weight excluding hydrogens is 388 g/mol. The molecule has 0 aliphatic carbocycles. The fourth-order valence-electron chi connectivity index (χ4n) is 4.25. The summed E-state index contributed by atoms with van der Waals surface area (Å²) in [6, 6.07) is 5.05. The van der Waals surface area contributed by atoms with E-state index >= 15 is 0 Å². The first-order valence-electron chi connectivity index (χ1n) is 10.8. The predicted molar refractivity (Wildman–Crippen MR) is 116 cm³/mol. The molecule has 0 bridgehead atoms. The molecule has 0 unspecified atom stereocenters. The number of piperidine rings is 1. The maximum absolute atomic E-state index is 13.1. The highest BCUT2D eigenvalue weighted by atomic mass is 32.2. The number of amides is 1. The van der Waals surface area contributed by atoms with Crippen molar-refractivity contribution in [3.8, 4) is 0 Å². The van der Waals surface area contributed by atoms with Crippen LogP contribution in [0.4, 0.5) is 11.4 Å². The van der Waals surface area contributed by atoms with Crippen LogP contribution in [-0.2, 0) is 14.8 Å². The Balaban J connectivity index is 1.78. The molecule has 1 aromatic carbocycles. The normalized spacial score (nSPS) is 19.5. The summed E-state index contributed by atoms with van der Waals surface area (Å²) in [5, 5.41) is 2.99. The maximum atomic E-state index is 13.1. The van der Waals surface area contributed by atoms with Gasteiger partial charge in [-0.15, -0.1) is 0 Å². The van der Waals surface area contributed by atoms with Gasteiger partial charge >= 0.3 is 0 Å². The first kappa shape index (κ1) is 22.1. The van der Waals surface area contributed by atoms with Crippen molar-refractivity contribution in [2.45, 2.75) is 49.8 Å². The highest BCUT2D eigenvalue weighted by molar-refractivity contribution is 7.89. The van der Waals surface area contributed by atoms with Gasteiger partial charge in [0.05, 0.1) is 29.4 Å². The van der Waals surface area contributed by atoms with Crippen LogP contribution in [0.3, 0.4) is 0 Å². The maximum Gasteiger partial charge on any atom is 0.279 e. The molecule has 2 heterocycles. The minimum atomic E-state index is -3.54. The van der Waals surface area contributed by atoms with Crippen LogP contribution in [0.25, 0.3) is 0 Å². The molecule has 1 aromatic rings. The summed E-state index contributed by atoms with van der Waals surface area (Å²) in [6.07, 6.45) is 7.68. The summed E-state index contributed by atoms with van der Waals surface area (Å²) >= 11 is 0. The van der Waals surface area contributed by atoms with Gasteiger partial charge in [-0.3, -0.25) is 4.79 Å². The van der Waals surface area contributed by atoms with Crippen molar-refractivity contribution in [2.24, 2.45) is 0 Å². The molecule has 162 valence electrons. The lowest BCUT2D eigenvalue weighted by molar-refractivity contribution is -0.890. The van der Waals surface area contributed by atoms with E-state index in [-0.39, 0.29) is 10.8 Å². The topological polar surface area (TPSA) is 74.2 Å². The van der Waals surface area contributed by atoms with Gasteiger partial charge in [0.15, 0.2) is 6.54 Å². The molecule has 0 saturated carbocycles. The SMILES string of the molecule is CN(C)c1ccc(S(=O)(=O)N2CCCCC2)cc1NC(=O)C[NH+]1CCCCCC1. The fraction of sp³-hybridized carbons (Fsp3) is 0.667. The van der Waals surface area contributed by atoms with E-state index in [0.717, 1.165) is 50.9 Å². The van der Waals surface area contributed by atoms with Gasteiger partial charge in [-0.2, -0.15) is 4.31 Å². The van der Waals surface area contributed by atoms with Gasteiger partial charge in [0.1, 0.15) is 0 Å². The van der Waals surface area contributed by atoms with Gasteiger partial charge in [0.2, 0.25) is 10.0 Å². The number of hydrogen-bond acceptors (Lipinski definition) is 4. The second kappa shape index (κ2) is 9.91. The number of likely N-dealkylation sites (tertiary alicyclic amines) is 1. The summed E-state index contributed by atoms with van der Waals surface area (Å²) in [4.78, 5) is 16.2. The first-order valence-corrected chi connectivity index (χ1v) is 12.3. The quantitative estimate of drug-likeness (QED) is 0.724. The summed E-state index contributed by atoms with van der Waals surface area (Å²) < 4.78 is 27.7. The summed E-state index contributed by atoms with van der Waals surface area (Å²) in [7, 11) is 0.249. The number of sulfonamides is 1. The number of rotatable bonds is 6. The molecule has 1 amide bonds. The number of nitrogens with one attached hydrogen (secondary N) is 2. The molecule has 2 fully saturated rings. The molecule has 0 aromatic heterocycles. The van der Waals surface area contributed by atoms with Crippen molar-refractivity contribution in [3.05, 3.63) is 18.2 Å². The van der Waals surface area contributed by atoms with E-state index in [1.54, 1.807) is 22.5 Å². The van der Waals surface area contributed by atoms with Crippen molar-refractivity contribution in [3.63, 3.8) is 0 Å². The zero-order chi connectivity index (χ0) is 20.9. The van der Waals surface area contributed by atoms with Gasteiger partial charge in [-0.1, -0.05) is 6.42 Å². The van der Waals surface area contributed by atoms with Crippen molar-refractivity contribution < 1.29 is 18.1 Å². The number of quaternary nitrogens is 1. The van der Waals surface area contributed by atoms with Crippen molar-refractivity contribution in [1.29, 1.82) is 0 Å². The Morgan fingerprint density at radius 3 is 2.28 bits per heavy atom. The molecular formula is C21H35N4O3S+. The number of benzene rings is 1. The van der Waals surface area contributed by atoms with E-state index in [1.807, 2.05) is 19.0 Å². The van der Waals surface area contributed by atoms with Crippen LogP contribution in [0.2, 0.25) is 0 Å². The van der Waals surface area contributed by atoms with Crippen LogP contribution in [0.5, 0.6) is 0 Å². The van der Waals surface area contributed by atoms with Crippen LogP contribution in [0.1, 0.15) is 44.9 Å². The Hall–Kier alpha value is -1.64. The van der Waals surface area contributed by atoms with E-state index in [1.165, 1.54) is 17.7 Å². The van der Waals surface area contributed by atoms with Gasteiger partial charge in [0, 0.05) is 27.2 Å². The molecule has 2 aliphatic heterocycles. The van der Waals surface area contributed by atoms with Crippen LogP contribution < -0.4 is 15.1 Å². The summed E-state index contributed by atoms with van der Waals surface area (Å²) in [5.74, 6) is -0.0579. The van der Waals surface area contributed by atoms with Gasteiger partial charge in [0.25, 0.3) is 5.91 Å². The molecule has 29 heavy (non-hydrogen) atoms. The van der Waals surface area contributed by atoms with Crippen molar-refractivity contribution in [1.82, 2.24) is 4.31 Å². The van der Waals surface area contributed by atoms with Crippen LogP contribution in [-0.4, -0.2) is 65.4 Å². The molecule has 0 atom stereocenters. The van der Waals surface area contributed by atoms with Crippen molar-refractivity contribution >= 4 is 27.3 Å². The minimum Gasteiger partial charge on any atom is -0.376 e. The highest BCUT2D eigenvalue weighted by Crippen LogP contribution is 2.30. The van der Waals surface area contributed by atoms with E-state index in [0.29, 0.717) is 25.3 Å². The molecule has 0 spiro atoms. The van der Waals surface area contributed by atoms with Crippen molar-refractivity contribution in [2.75, 3.05) is 57.0 Å². The third-order valence-electron chi connectivity index (χ3n) is 5.90. The smallest absolute Gasteiger partial charge is 0.279 e. The molecule has 2 aliphatic rings. The van der Waals surface area contributed by atoms with Crippen LogP contribution in [0, 0.1) is 0 Å². The first-order chi connectivity index (χ1) is 13.9. The van der Waals surface area contributed by atoms with Gasteiger partial charge in [-0.25, -0.2) is 8.42 Å². The third kappa shape index (κ3) is 5.71. The van der Waals surface area contributed by atoms with E-state index in [9.17, 15) is 13.2 Å². The molecule has 3 rings (SSSR count). The molecule has 8 heteroatoms. The fourth-order valence-corrected chi connectivity index (χ4v) is 5.79. The lowest BCUT2D eigenvalue weighted by Crippen LogP contribution is -3.12. The van der Waals surface area contributed by atoms with Gasteiger partial charge < -0.3 is 15.1 Å². The predicted octanol–water partition coefficient (Wildman–Crippen LogP) is 1.32. The third-order valence-corrected chi connectivity index (χ3v) is 7.79. The monoisotopic (exact) mass is 423 g/mol. The number of carbonyl (C=O) groups excluding carboxylic acids is 1. The average molecular weight is 424 g/mol. The Kier molecular flexibility index (Phi) is 7.54. The van der Waals surface area contributed by atoms with E-state index in [4.69, 9.17) is 0 Å². The number of nitrogens with zero attached hydrogens (tertiary/aromatic N) is 2. The zero-order valence-electron chi connectivity index (χ0n) is 17.7. The van der Waals surface area contributed by atoms with Crippen LogP contribution in [0.15, 0.2) is 23.1 Å². The Morgan fingerprint density at radius 1 is 1.03 bits per heavy atom. The molecule has 0 radical (unpaired) electrons. The lowest BCUT2D eigenvalue weighted by Gasteiger charge is -2.27. The zero-order valence-corrected chi connectivity index (χ0v) is 18.6. The second-order valence-electron chi connectivity index (χ2n) is 8.43. The molecule has 2 saturated heterocycles.